The first-order chi connectivity index (χ1) is 14.0. The predicted octanol–water partition coefficient (Wildman–Crippen LogP) is 1.25. The molecule has 29 heavy (non-hydrogen) atoms. The van der Waals surface area contributed by atoms with Crippen molar-refractivity contribution in [1.82, 2.24) is 15.2 Å². The number of nitrogens with one attached hydrogen (secondary N) is 1. The summed E-state index contributed by atoms with van der Waals surface area (Å²) in [6.45, 7) is 0.587. The Morgan fingerprint density at radius 3 is 2.76 bits per heavy atom. The fourth-order valence-electron chi connectivity index (χ4n) is 3.24. The quantitative estimate of drug-likeness (QED) is 0.761. The van der Waals surface area contributed by atoms with E-state index in [-0.39, 0.29) is 5.92 Å². The lowest BCUT2D eigenvalue weighted by atomic mass is 9.87. The Labute approximate surface area is 168 Å². The Morgan fingerprint density at radius 2 is 2.03 bits per heavy atom. The number of primary amides is 1. The summed E-state index contributed by atoms with van der Waals surface area (Å²) in [5.74, 6) is 0.705. The van der Waals surface area contributed by atoms with E-state index in [4.69, 9.17) is 10.6 Å². The van der Waals surface area contributed by atoms with Crippen LogP contribution in [0.3, 0.4) is 0 Å². The van der Waals surface area contributed by atoms with Crippen molar-refractivity contribution in [2.75, 3.05) is 24.3 Å². The highest BCUT2D eigenvalue weighted by Crippen LogP contribution is 2.31. The number of nitrogens with zero attached hydrogens (tertiary/aromatic N) is 5. The molecule has 0 radical (unpaired) electrons. The number of hydrogen-bond acceptors (Lipinski definition) is 8. The van der Waals surface area contributed by atoms with Crippen LogP contribution in [0, 0.1) is 5.92 Å². The maximum atomic E-state index is 11.7. The first kappa shape index (κ1) is 18.6. The smallest absolute Gasteiger partial charge is 0.248 e. The molecule has 2 heterocycles. The lowest BCUT2D eigenvalue weighted by Gasteiger charge is -2.20. The minimum Gasteiger partial charge on any atom is -0.386 e. The summed E-state index contributed by atoms with van der Waals surface area (Å²) in [6.07, 6.45) is 4.74. The molecule has 2 atom stereocenters. The molecule has 4 rings (SSSR count). The molecule has 1 aromatic carbocycles. The van der Waals surface area contributed by atoms with Crippen molar-refractivity contribution in [3.63, 3.8) is 0 Å². The van der Waals surface area contributed by atoms with Crippen molar-refractivity contribution in [1.29, 1.82) is 0 Å². The van der Waals surface area contributed by atoms with Crippen LogP contribution in [-0.2, 0) is 16.2 Å². The van der Waals surface area contributed by atoms with E-state index in [2.05, 4.69) is 25.7 Å². The Morgan fingerprint density at radius 1 is 1.24 bits per heavy atom. The summed E-state index contributed by atoms with van der Waals surface area (Å²) in [5, 5.41) is 16.0. The number of nitrogens with two attached hydrogens (primary N) is 1. The lowest BCUT2D eigenvalue weighted by Crippen LogP contribution is -2.33. The summed E-state index contributed by atoms with van der Waals surface area (Å²) in [5.41, 5.74) is 7.45. The molecular formula is C20H21N7O2. The number of benzene rings is 1. The molecule has 148 valence electrons. The molecular weight excluding hydrogens is 370 g/mol. The van der Waals surface area contributed by atoms with Crippen molar-refractivity contribution >= 4 is 23.3 Å². The van der Waals surface area contributed by atoms with Crippen LogP contribution in [0.4, 0.5) is 11.6 Å². The molecule has 2 aromatic rings. The standard InChI is InChI=1S/C20H21N7O2/c1-27(2)20-19(22-11-12-7-4-3-5-8-12)23-18(24-25-20)15-13-9-6-10-14(17(21)28)16(13)29-26-15/h3-10,13,16H,11H2,1-2H3,(H2,21,28)(H,22,23,24). The number of rotatable bonds is 6. The minimum absolute atomic E-state index is 0.295. The van der Waals surface area contributed by atoms with Gasteiger partial charge in [-0.15, -0.1) is 10.2 Å². The third-order valence-electron chi connectivity index (χ3n) is 4.72. The fourth-order valence-corrected chi connectivity index (χ4v) is 3.24. The van der Waals surface area contributed by atoms with Crippen molar-refractivity contribution in [2.45, 2.75) is 12.6 Å². The van der Waals surface area contributed by atoms with Gasteiger partial charge in [0.05, 0.1) is 11.5 Å². The van der Waals surface area contributed by atoms with E-state index in [9.17, 15) is 4.79 Å². The number of aromatic nitrogens is 3. The van der Waals surface area contributed by atoms with Gasteiger partial charge in [0.1, 0.15) is 5.71 Å². The van der Waals surface area contributed by atoms with Crippen LogP contribution in [0.25, 0.3) is 0 Å². The molecule has 0 spiro atoms. The second-order valence-electron chi connectivity index (χ2n) is 6.94. The van der Waals surface area contributed by atoms with E-state index in [0.717, 1.165) is 5.56 Å². The maximum absolute atomic E-state index is 11.7. The highest BCUT2D eigenvalue weighted by Gasteiger charge is 2.40. The van der Waals surface area contributed by atoms with Gasteiger partial charge in [0, 0.05) is 20.6 Å². The zero-order valence-corrected chi connectivity index (χ0v) is 16.1. The first-order valence-corrected chi connectivity index (χ1v) is 9.16. The third kappa shape index (κ3) is 3.66. The summed E-state index contributed by atoms with van der Waals surface area (Å²) in [6, 6.07) is 10.00. The Balaban J connectivity index is 1.61. The van der Waals surface area contributed by atoms with Crippen LogP contribution < -0.4 is 16.0 Å². The van der Waals surface area contributed by atoms with Crippen LogP contribution >= 0.6 is 0 Å². The van der Waals surface area contributed by atoms with Crippen molar-refractivity contribution in [3.05, 3.63) is 65.5 Å². The molecule has 9 nitrogen and oxygen atoms in total. The zero-order chi connectivity index (χ0) is 20.4. The van der Waals surface area contributed by atoms with Gasteiger partial charge in [-0.3, -0.25) is 4.79 Å². The molecule has 3 N–H and O–H groups in total. The number of carbonyl (C=O) groups is 1. The average molecular weight is 391 g/mol. The highest BCUT2D eigenvalue weighted by molar-refractivity contribution is 6.04. The fraction of sp³-hybridized carbons (Fsp3) is 0.250. The van der Waals surface area contributed by atoms with Gasteiger partial charge in [-0.1, -0.05) is 47.6 Å². The molecule has 0 saturated carbocycles. The molecule has 0 bridgehead atoms. The number of anilines is 2. The summed E-state index contributed by atoms with van der Waals surface area (Å²) >= 11 is 0. The monoisotopic (exact) mass is 391 g/mol. The van der Waals surface area contributed by atoms with E-state index < -0.39 is 12.0 Å². The van der Waals surface area contributed by atoms with Gasteiger partial charge in [-0.2, -0.15) is 0 Å². The van der Waals surface area contributed by atoms with E-state index >= 15 is 0 Å². The normalized spacial score (nSPS) is 19.7. The minimum atomic E-state index is -0.564. The first-order valence-electron chi connectivity index (χ1n) is 9.16. The lowest BCUT2D eigenvalue weighted by molar-refractivity contribution is -0.116. The number of hydrogen-bond donors (Lipinski definition) is 2. The molecule has 0 saturated heterocycles. The Bertz CT molecular complexity index is 1010. The van der Waals surface area contributed by atoms with Crippen molar-refractivity contribution in [3.8, 4) is 0 Å². The van der Waals surface area contributed by atoms with Gasteiger partial charge in [-0.05, 0) is 11.6 Å². The van der Waals surface area contributed by atoms with Crippen LogP contribution in [0.2, 0.25) is 0 Å². The van der Waals surface area contributed by atoms with Gasteiger partial charge < -0.3 is 20.8 Å². The van der Waals surface area contributed by atoms with Gasteiger partial charge >= 0.3 is 0 Å². The number of carbonyl (C=O) groups excluding carboxylic acids is 1. The van der Waals surface area contributed by atoms with Crippen LogP contribution in [0.15, 0.2) is 59.3 Å². The molecule has 0 fully saturated rings. The second kappa shape index (κ2) is 7.70. The van der Waals surface area contributed by atoms with Gasteiger partial charge in [-0.25, -0.2) is 4.98 Å². The van der Waals surface area contributed by atoms with E-state index in [1.54, 1.807) is 12.2 Å². The van der Waals surface area contributed by atoms with E-state index in [0.29, 0.717) is 35.3 Å². The molecule has 1 aliphatic heterocycles. The van der Waals surface area contributed by atoms with Crippen LogP contribution in [-0.4, -0.2) is 47.0 Å². The Kier molecular flexibility index (Phi) is 4.94. The largest absolute Gasteiger partial charge is 0.386 e. The van der Waals surface area contributed by atoms with Crippen LogP contribution in [0.1, 0.15) is 11.4 Å². The molecule has 9 heteroatoms. The van der Waals surface area contributed by atoms with Crippen LogP contribution in [0.5, 0.6) is 0 Å². The van der Waals surface area contributed by atoms with E-state index in [1.807, 2.05) is 55.4 Å². The average Bonchev–Trinajstić information content (AvgIpc) is 3.16. The Hall–Kier alpha value is -3.75. The maximum Gasteiger partial charge on any atom is 0.248 e. The van der Waals surface area contributed by atoms with Gasteiger partial charge in [0.15, 0.2) is 17.7 Å². The van der Waals surface area contributed by atoms with Crippen molar-refractivity contribution in [2.24, 2.45) is 16.8 Å². The zero-order valence-electron chi connectivity index (χ0n) is 16.1. The summed E-state index contributed by atoms with van der Waals surface area (Å²) in [7, 11) is 3.75. The van der Waals surface area contributed by atoms with Crippen molar-refractivity contribution < 1.29 is 9.63 Å². The third-order valence-corrected chi connectivity index (χ3v) is 4.72. The molecule has 1 amide bonds. The summed E-state index contributed by atoms with van der Waals surface area (Å²) < 4.78 is 0. The second-order valence-corrected chi connectivity index (χ2v) is 6.94. The SMILES string of the molecule is CN(C)c1nnc(C2=NOC3C(C(N)=O)=CC=CC23)nc1NCc1ccccc1. The molecule has 1 aromatic heterocycles. The number of allylic oxidation sites excluding steroid dienone is 2. The highest BCUT2D eigenvalue weighted by atomic mass is 16.6. The number of oxime groups is 1. The van der Waals surface area contributed by atoms with E-state index in [1.165, 1.54) is 0 Å². The predicted molar refractivity (Wildman–Crippen MR) is 109 cm³/mol. The van der Waals surface area contributed by atoms with Gasteiger partial charge in [0.2, 0.25) is 11.7 Å². The topological polar surface area (TPSA) is 119 Å². The molecule has 1 aliphatic carbocycles. The van der Waals surface area contributed by atoms with Gasteiger partial charge in [0.25, 0.3) is 0 Å². The summed E-state index contributed by atoms with van der Waals surface area (Å²) in [4.78, 5) is 23.6. The number of amides is 1. The number of fused-ring (bicyclic) bond motifs is 1. The molecule has 2 unspecified atom stereocenters. The molecule has 2 aliphatic rings.